The molecular weight excluding hydrogens is 380 g/mol. The standard InChI is InChI=1S/C9H4Cl2IN3O2/c10-7-1-6(15(16)17)2-8(11)9(7)14-4-5(12)3-13-14/h1-4H. The predicted octanol–water partition coefficient (Wildman–Crippen LogP) is 3.69. The van der Waals surface area contributed by atoms with Gasteiger partial charge in [0.1, 0.15) is 5.69 Å². The number of non-ortho nitro benzene ring substituents is 1. The van der Waals surface area contributed by atoms with Crippen molar-refractivity contribution in [1.82, 2.24) is 9.78 Å². The first-order chi connectivity index (χ1) is 7.99. The minimum atomic E-state index is -0.547. The van der Waals surface area contributed by atoms with E-state index in [0.29, 0.717) is 5.69 Å². The smallest absolute Gasteiger partial charge is 0.258 e. The molecule has 0 aliphatic rings. The zero-order valence-electron chi connectivity index (χ0n) is 8.10. The van der Waals surface area contributed by atoms with E-state index < -0.39 is 4.92 Å². The van der Waals surface area contributed by atoms with Crippen LogP contribution in [0.15, 0.2) is 24.5 Å². The van der Waals surface area contributed by atoms with Gasteiger partial charge in [0.2, 0.25) is 0 Å². The number of rotatable bonds is 2. The summed E-state index contributed by atoms with van der Waals surface area (Å²) < 4.78 is 2.39. The second kappa shape index (κ2) is 4.79. The average Bonchev–Trinajstić information content (AvgIpc) is 2.63. The SMILES string of the molecule is O=[N+]([O-])c1cc(Cl)c(-n2cc(I)cn2)c(Cl)c1. The maximum absolute atomic E-state index is 10.6. The molecule has 0 aliphatic carbocycles. The van der Waals surface area contributed by atoms with E-state index in [1.54, 1.807) is 12.4 Å². The molecule has 8 heteroatoms. The highest BCUT2D eigenvalue weighted by atomic mass is 127. The van der Waals surface area contributed by atoms with Gasteiger partial charge in [0.15, 0.2) is 0 Å². The Morgan fingerprint density at radius 3 is 2.35 bits per heavy atom. The second-order valence-electron chi connectivity index (χ2n) is 3.12. The predicted molar refractivity (Wildman–Crippen MR) is 73.0 cm³/mol. The Hall–Kier alpha value is -0.860. The molecule has 1 aromatic carbocycles. The van der Waals surface area contributed by atoms with Gasteiger partial charge >= 0.3 is 0 Å². The molecule has 0 radical (unpaired) electrons. The van der Waals surface area contributed by atoms with Crippen LogP contribution in [0.25, 0.3) is 5.69 Å². The molecule has 88 valence electrons. The monoisotopic (exact) mass is 383 g/mol. The number of nitrogens with zero attached hydrogens (tertiary/aromatic N) is 3. The summed E-state index contributed by atoms with van der Waals surface area (Å²) in [4.78, 5) is 10.1. The molecule has 0 aliphatic heterocycles. The zero-order valence-corrected chi connectivity index (χ0v) is 11.8. The highest BCUT2D eigenvalue weighted by Gasteiger charge is 2.16. The molecule has 17 heavy (non-hydrogen) atoms. The lowest BCUT2D eigenvalue weighted by Gasteiger charge is -2.06. The van der Waals surface area contributed by atoms with Crippen LogP contribution in [-0.4, -0.2) is 14.7 Å². The Balaban J connectivity index is 2.60. The normalized spacial score (nSPS) is 10.5. The van der Waals surface area contributed by atoms with Crippen molar-refractivity contribution in [1.29, 1.82) is 0 Å². The molecule has 0 saturated carbocycles. The van der Waals surface area contributed by atoms with Gasteiger partial charge in [0.25, 0.3) is 5.69 Å². The largest absolute Gasteiger partial charge is 0.272 e. The van der Waals surface area contributed by atoms with Crippen LogP contribution in [0.1, 0.15) is 0 Å². The van der Waals surface area contributed by atoms with Gasteiger partial charge in [-0.1, -0.05) is 23.2 Å². The van der Waals surface area contributed by atoms with Gasteiger partial charge in [-0.15, -0.1) is 0 Å². The first kappa shape index (κ1) is 12.6. The van der Waals surface area contributed by atoms with Crippen molar-refractivity contribution in [3.8, 4) is 5.69 Å². The van der Waals surface area contributed by atoms with Crippen LogP contribution < -0.4 is 0 Å². The van der Waals surface area contributed by atoms with Crippen molar-refractivity contribution in [2.75, 3.05) is 0 Å². The summed E-state index contributed by atoms with van der Waals surface area (Å²) in [6.45, 7) is 0. The minimum Gasteiger partial charge on any atom is -0.258 e. The molecule has 0 bridgehead atoms. The van der Waals surface area contributed by atoms with Gasteiger partial charge in [0.05, 0.1) is 24.7 Å². The number of benzene rings is 1. The lowest BCUT2D eigenvalue weighted by Crippen LogP contribution is -1.98. The summed E-state index contributed by atoms with van der Waals surface area (Å²) in [5.74, 6) is 0. The fourth-order valence-corrected chi connectivity index (χ4v) is 2.34. The van der Waals surface area contributed by atoms with Gasteiger partial charge in [-0.05, 0) is 22.6 Å². The van der Waals surface area contributed by atoms with E-state index in [4.69, 9.17) is 23.2 Å². The number of hydrogen-bond acceptors (Lipinski definition) is 3. The summed E-state index contributed by atoms with van der Waals surface area (Å²) >= 11 is 14.0. The molecule has 0 saturated heterocycles. The van der Waals surface area contributed by atoms with E-state index in [-0.39, 0.29) is 15.7 Å². The topological polar surface area (TPSA) is 61.0 Å². The minimum absolute atomic E-state index is 0.148. The molecule has 0 amide bonds. The van der Waals surface area contributed by atoms with E-state index in [1.807, 2.05) is 0 Å². The van der Waals surface area contributed by atoms with Crippen LogP contribution in [0.2, 0.25) is 10.0 Å². The number of nitro groups is 1. The Morgan fingerprint density at radius 1 is 1.35 bits per heavy atom. The van der Waals surface area contributed by atoms with Gasteiger partial charge in [0, 0.05) is 18.3 Å². The van der Waals surface area contributed by atoms with Crippen LogP contribution in [0.5, 0.6) is 0 Å². The first-order valence-electron chi connectivity index (χ1n) is 4.33. The van der Waals surface area contributed by atoms with Crippen LogP contribution in [0, 0.1) is 13.7 Å². The maximum Gasteiger partial charge on any atom is 0.272 e. The summed E-state index contributed by atoms with van der Waals surface area (Å²) in [7, 11) is 0. The molecule has 0 atom stereocenters. The van der Waals surface area contributed by atoms with Crippen molar-refractivity contribution < 1.29 is 4.92 Å². The lowest BCUT2D eigenvalue weighted by atomic mass is 10.3. The number of hydrogen-bond donors (Lipinski definition) is 0. The van der Waals surface area contributed by atoms with Gasteiger partial charge in [-0.25, -0.2) is 4.68 Å². The molecule has 0 N–H and O–H groups in total. The van der Waals surface area contributed by atoms with Crippen molar-refractivity contribution in [3.63, 3.8) is 0 Å². The highest BCUT2D eigenvalue weighted by molar-refractivity contribution is 14.1. The summed E-state index contributed by atoms with van der Waals surface area (Å²) in [6.07, 6.45) is 3.36. The van der Waals surface area contributed by atoms with E-state index >= 15 is 0 Å². The quantitative estimate of drug-likeness (QED) is 0.451. The Morgan fingerprint density at radius 2 is 1.94 bits per heavy atom. The van der Waals surface area contributed by atoms with Crippen molar-refractivity contribution in [3.05, 3.63) is 48.3 Å². The lowest BCUT2D eigenvalue weighted by molar-refractivity contribution is -0.384. The highest BCUT2D eigenvalue weighted by Crippen LogP contribution is 2.32. The van der Waals surface area contributed by atoms with E-state index in [2.05, 4.69) is 27.7 Å². The third-order valence-electron chi connectivity index (χ3n) is 1.99. The fourth-order valence-electron chi connectivity index (χ4n) is 1.30. The third-order valence-corrected chi connectivity index (χ3v) is 3.13. The zero-order chi connectivity index (χ0) is 12.6. The Bertz CT molecular complexity index is 577. The molecule has 2 aromatic rings. The molecule has 1 heterocycles. The molecule has 5 nitrogen and oxygen atoms in total. The second-order valence-corrected chi connectivity index (χ2v) is 5.18. The molecule has 0 spiro atoms. The fraction of sp³-hybridized carbons (Fsp3) is 0. The first-order valence-corrected chi connectivity index (χ1v) is 6.16. The molecule has 1 aromatic heterocycles. The van der Waals surface area contributed by atoms with Crippen molar-refractivity contribution >= 4 is 51.5 Å². The van der Waals surface area contributed by atoms with Crippen LogP contribution in [0.3, 0.4) is 0 Å². The van der Waals surface area contributed by atoms with Gasteiger partial charge in [-0.3, -0.25) is 10.1 Å². The van der Waals surface area contributed by atoms with E-state index in [9.17, 15) is 10.1 Å². The van der Waals surface area contributed by atoms with Gasteiger partial charge < -0.3 is 0 Å². The molecule has 0 fully saturated rings. The maximum atomic E-state index is 10.6. The summed E-state index contributed by atoms with van der Waals surface area (Å²) in [6, 6.07) is 2.49. The Labute approximate surface area is 120 Å². The van der Waals surface area contributed by atoms with Crippen LogP contribution in [0.4, 0.5) is 5.69 Å². The summed E-state index contributed by atoms with van der Waals surface area (Å²) in [5.41, 5.74) is 0.285. The van der Waals surface area contributed by atoms with Crippen LogP contribution >= 0.6 is 45.8 Å². The average molecular weight is 384 g/mol. The molecule has 0 unspecified atom stereocenters. The molecule has 2 rings (SSSR count). The van der Waals surface area contributed by atoms with E-state index in [1.165, 1.54) is 16.8 Å². The van der Waals surface area contributed by atoms with E-state index in [0.717, 1.165) is 3.57 Å². The van der Waals surface area contributed by atoms with Crippen molar-refractivity contribution in [2.45, 2.75) is 0 Å². The number of halogens is 3. The molecular formula is C9H4Cl2IN3O2. The van der Waals surface area contributed by atoms with Crippen molar-refractivity contribution in [2.24, 2.45) is 0 Å². The summed E-state index contributed by atoms with van der Waals surface area (Å²) in [5, 5.41) is 15.0. The Kier molecular flexibility index (Phi) is 3.55. The van der Waals surface area contributed by atoms with Crippen LogP contribution in [-0.2, 0) is 0 Å². The number of nitro benzene ring substituents is 1. The third kappa shape index (κ3) is 2.53. The van der Waals surface area contributed by atoms with Gasteiger partial charge in [-0.2, -0.15) is 5.10 Å². The number of aromatic nitrogens is 2.